The van der Waals surface area contributed by atoms with Gasteiger partial charge in [0.15, 0.2) is 0 Å². The third kappa shape index (κ3) is 4.11. The van der Waals surface area contributed by atoms with Gasteiger partial charge in [-0.3, -0.25) is 0 Å². The van der Waals surface area contributed by atoms with Gasteiger partial charge in [-0.25, -0.2) is 0 Å². The lowest BCUT2D eigenvalue weighted by atomic mass is 10.0. The van der Waals surface area contributed by atoms with Gasteiger partial charge in [-0.15, -0.1) is 22.7 Å². The number of benzene rings is 3. The summed E-state index contributed by atoms with van der Waals surface area (Å²) in [6.07, 6.45) is 7.72. The molecule has 0 amide bonds. The number of fused-ring (bicyclic) bond motifs is 5. The van der Waals surface area contributed by atoms with Crippen LogP contribution in [0, 0.1) is 0 Å². The molecule has 0 aliphatic rings. The van der Waals surface area contributed by atoms with Crippen molar-refractivity contribution in [2.24, 2.45) is 0 Å². The van der Waals surface area contributed by atoms with Gasteiger partial charge in [0.2, 0.25) is 0 Å². The van der Waals surface area contributed by atoms with E-state index < -0.39 is 0 Å². The molecular formula is C29H28S2. The van der Waals surface area contributed by atoms with Crippen LogP contribution in [0.2, 0.25) is 0 Å². The van der Waals surface area contributed by atoms with Crippen LogP contribution in [0.25, 0.3) is 46.3 Å². The Morgan fingerprint density at radius 1 is 0.774 bits per heavy atom. The predicted octanol–water partition coefficient (Wildman–Crippen LogP) is 10.3. The Balaban J connectivity index is 0.00000112. The monoisotopic (exact) mass is 440 g/mol. The van der Waals surface area contributed by atoms with E-state index in [4.69, 9.17) is 0 Å². The van der Waals surface area contributed by atoms with E-state index in [0.717, 1.165) is 6.42 Å². The van der Waals surface area contributed by atoms with Crippen molar-refractivity contribution in [2.75, 3.05) is 0 Å². The van der Waals surface area contributed by atoms with Gasteiger partial charge in [0, 0.05) is 20.2 Å². The van der Waals surface area contributed by atoms with E-state index in [1.54, 1.807) is 0 Å². The molecule has 0 spiro atoms. The van der Waals surface area contributed by atoms with E-state index in [9.17, 15) is 0 Å². The fraction of sp³-hybridized carbons (Fsp3) is 0.172. The van der Waals surface area contributed by atoms with Gasteiger partial charge in [0.1, 0.15) is 0 Å². The maximum atomic E-state index is 2.35. The average molecular weight is 441 g/mol. The first-order valence-corrected chi connectivity index (χ1v) is 12.7. The Bertz CT molecular complexity index is 1380. The Hall–Kier alpha value is -2.68. The minimum atomic E-state index is 1.06. The van der Waals surface area contributed by atoms with E-state index in [0.29, 0.717) is 0 Å². The molecule has 5 aromatic rings. The topological polar surface area (TPSA) is 0 Å². The molecule has 31 heavy (non-hydrogen) atoms. The van der Waals surface area contributed by atoms with Crippen molar-refractivity contribution in [3.63, 3.8) is 0 Å². The van der Waals surface area contributed by atoms with Gasteiger partial charge in [0.25, 0.3) is 0 Å². The second-order valence-corrected chi connectivity index (χ2v) is 9.31. The van der Waals surface area contributed by atoms with Gasteiger partial charge < -0.3 is 0 Å². The predicted molar refractivity (Wildman–Crippen MR) is 145 cm³/mol. The fourth-order valence-corrected chi connectivity index (χ4v) is 6.58. The summed E-state index contributed by atoms with van der Waals surface area (Å²) in [6.45, 7) is 8.29. The van der Waals surface area contributed by atoms with Crippen LogP contribution in [-0.4, -0.2) is 0 Å². The van der Waals surface area contributed by atoms with E-state index >= 15 is 0 Å². The normalized spacial score (nSPS) is 12.1. The largest absolute Gasteiger partial charge is 0.134 e. The summed E-state index contributed by atoms with van der Waals surface area (Å²) in [5.74, 6) is 0. The van der Waals surface area contributed by atoms with E-state index in [-0.39, 0.29) is 0 Å². The zero-order valence-corrected chi connectivity index (χ0v) is 20.2. The standard InChI is InChI=1S/C27H22S2.C2H6/c1-3-5-9-18(4-2)20-12-14-22-24(16-20)28-27-23-15-13-21(17-25(23)29-26(22)27)19-10-7-6-8-11-19;1-2/h4-17H,3H2,1-2H3;1-2H3/b9-5-,18-4+;. The van der Waals surface area contributed by atoms with Crippen molar-refractivity contribution >= 4 is 57.8 Å². The zero-order chi connectivity index (χ0) is 21.8. The molecule has 2 heteroatoms. The summed E-state index contributed by atoms with van der Waals surface area (Å²) in [5, 5.41) is 2.76. The quantitative estimate of drug-likeness (QED) is 0.244. The Morgan fingerprint density at radius 3 is 2.06 bits per heavy atom. The highest BCUT2D eigenvalue weighted by atomic mass is 32.1. The van der Waals surface area contributed by atoms with Crippen LogP contribution in [-0.2, 0) is 0 Å². The number of thiophene rings is 2. The summed E-state index contributed by atoms with van der Waals surface area (Å²) in [4.78, 5) is 0. The van der Waals surface area contributed by atoms with Crippen molar-refractivity contribution in [1.29, 1.82) is 0 Å². The third-order valence-electron chi connectivity index (χ3n) is 5.37. The lowest BCUT2D eigenvalue weighted by Gasteiger charge is -2.03. The molecule has 2 heterocycles. The minimum absolute atomic E-state index is 1.06. The number of hydrogen-bond acceptors (Lipinski definition) is 2. The summed E-state index contributed by atoms with van der Waals surface area (Å²) in [5.41, 5.74) is 5.16. The lowest BCUT2D eigenvalue weighted by Crippen LogP contribution is -1.79. The second-order valence-electron chi connectivity index (χ2n) is 7.20. The van der Waals surface area contributed by atoms with Crippen molar-refractivity contribution in [2.45, 2.75) is 34.1 Å². The average Bonchev–Trinajstić information content (AvgIpc) is 3.36. The molecule has 0 bridgehead atoms. The first kappa shape index (κ1) is 21.5. The van der Waals surface area contributed by atoms with Gasteiger partial charge in [-0.1, -0.05) is 93.6 Å². The van der Waals surface area contributed by atoms with Crippen molar-refractivity contribution in [3.8, 4) is 11.1 Å². The van der Waals surface area contributed by atoms with E-state index in [2.05, 4.69) is 98.8 Å². The molecule has 0 radical (unpaired) electrons. The molecule has 0 aliphatic carbocycles. The van der Waals surface area contributed by atoms with E-state index in [1.165, 1.54) is 51.8 Å². The molecule has 5 rings (SSSR count). The highest BCUT2D eigenvalue weighted by molar-refractivity contribution is 7.36. The first-order valence-electron chi connectivity index (χ1n) is 11.1. The van der Waals surface area contributed by atoms with Gasteiger partial charge in [0.05, 0.1) is 9.40 Å². The third-order valence-corrected chi connectivity index (χ3v) is 7.87. The molecular weight excluding hydrogens is 412 g/mol. The number of allylic oxidation sites excluding steroid dienone is 4. The van der Waals surface area contributed by atoms with Crippen molar-refractivity contribution < 1.29 is 0 Å². The van der Waals surface area contributed by atoms with Crippen LogP contribution in [0.5, 0.6) is 0 Å². The molecule has 3 aromatic carbocycles. The molecule has 0 saturated heterocycles. The summed E-state index contributed by atoms with van der Waals surface area (Å²) >= 11 is 3.85. The van der Waals surface area contributed by atoms with Gasteiger partial charge >= 0.3 is 0 Å². The molecule has 0 nitrogen and oxygen atoms in total. The van der Waals surface area contributed by atoms with Gasteiger partial charge in [-0.05, 0) is 47.7 Å². The van der Waals surface area contributed by atoms with Crippen LogP contribution < -0.4 is 0 Å². The molecule has 0 unspecified atom stereocenters. The maximum absolute atomic E-state index is 2.35. The molecule has 2 aromatic heterocycles. The highest BCUT2D eigenvalue weighted by Gasteiger charge is 2.13. The Kier molecular flexibility index (Phi) is 6.70. The van der Waals surface area contributed by atoms with Crippen LogP contribution in [0.1, 0.15) is 39.7 Å². The summed E-state index contributed by atoms with van der Waals surface area (Å²) in [7, 11) is 0. The molecule has 0 N–H and O–H groups in total. The minimum Gasteiger partial charge on any atom is -0.134 e. The van der Waals surface area contributed by atoms with Crippen molar-refractivity contribution in [1.82, 2.24) is 0 Å². The molecule has 0 fully saturated rings. The molecule has 156 valence electrons. The number of hydrogen-bond donors (Lipinski definition) is 0. The fourth-order valence-electron chi connectivity index (χ4n) is 3.85. The second kappa shape index (κ2) is 9.64. The van der Waals surface area contributed by atoms with Crippen molar-refractivity contribution in [3.05, 3.63) is 90.5 Å². The van der Waals surface area contributed by atoms with Crippen LogP contribution >= 0.6 is 22.7 Å². The molecule has 0 aliphatic heterocycles. The zero-order valence-electron chi connectivity index (χ0n) is 18.6. The smallest absolute Gasteiger partial charge is 0.0542 e. The highest BCUT2D eigenvalue weighted by Crippen LogP contribution is 2.45. The van der Waals surface area contributed by atoms with Gasteiger partial charge in [-0.2, -0.15) is 0 Å². The first-order chi connectivity index (χ1) is 15.3. The lowest BCUT2D eigenvalue weighted by molar-refractivity contribution is 1.22. The maximum Gasteiger partial charge on any atom is 0.0542 e. The van der Waals surface area contributed by atoms with Crippen LogP contribution in [0.4, 0.5) is 0 Å². The Morgan fingerprint density at radius 2 is 1.42 bits per heavy atom. The summed E-state index contributed by atoms with van der Waals surface area (Å²) in [6, 6.07) is 24.5. The molecule has 0 atom stereocenters. The summed E-state index contributed by atoms with van der Waals surface area (Å²) < 4.78 is 5.59. The number of rotatable bonds is 4. The van der Waals surface area contributed by atoms with Crippen LogP contribution in [0.3, 0.4) is 0 Å². The SMILES string of the molecule is C/C=C(\C=C/CC)c1ccc2c(c1)sc1c3ccc(-c4ccccc4)cc3sc21.CC. The Labute approximate surface area is 193 Å². The van der Waals surface area contributed by atoms with Crippen LogP contribution in [0.15, 0.2) is 85.0 Å². The molecule has 0 saturated carbocycles. The van der Waals surface area contributed by atoms with E-state index in [1.807, 2.05) is 36.5 Å².